The number of hydrogen-bond donors (Lipinski definition) is 2. The lowest BCUT2D eigenvalue weighted by molar-refractivity contribution is -0.140. The summed E-state index contributed by atoms with van der Waals surface area (Å²) >= 11 is 0. The third-order valence-corrected chi connectivity index (χ3v) is 3.92. The third-order valence-electron chi connectivity index (χ3n) is 3.92. The number of nitrogens with two attached hydrogens (primary N) is 1. The summed E-state index contributed by atoms with van der Waals surface area (Å²) in [6.07, 6.45) is 1.49. The molecule has 3 N–H and O–H groups in total. The summed E-state index contributed by atoms with van der Waals surface area (Å²) in [4.78, 5) is 40.1. The van der Waals surface area contributed by atoms with Crippen LogP contribution in [0.3, 0.4) is 0 Å². The monoisotopic (exact) mass is 373 g/mol. The highest BCUT2D eigenvalue weighted by Gasteiger charge is 2.21. The number of rotatable bonds is 7. The fourth-order valence-electron chi connectivity index (χ4n) is 2.34. The van der Waals surface area contributed by atoms with Crippen LogP contribution in [0.4, 0.5) is 10.1 Å². The van der Waals surface area contributed by atoms with Crippen molar-refractivity contribution in [3.63, 3.8) is 0 Å². The summed E-state index contributed by atoms with van der Waals surface area (Å²) < 4.78 is 18.5. The van der Waals surface area contributed by atoms with Crippen LogP contribution in [0, 0.1) is 12.7 Å². The molecule has 0 saturated heterocycles. The number of ketones is 1. The molecule has 27 heavy (non-hydrogen) atoms. The summed E-state index contributed by atoms with van der Waals surface area (Å²) in [5.74, 6) is -2.20. The number of halogens is 1. The van der Waals surface area contributed by atoms with Gasteiger partial charge in [0, 0.05) is 12.6 Å². The van der Waals surface area contributed by atoms with Crippen LogP contribution < -0.4 is 11.1 Å². The van der Waals surface area contributed by atoms with Crippen molar-refractivity contribution >= 4 is 23.3 Å². The molecular formula is C19H20FN3O4. The van der Waals surface area contributed by atoms with Gasteiger partial charge in [0.15, 0.2) is 0 Å². The van der Waals surface area contributed by atoms with E-state index < -0.39 is 29.5 Å². The van der Waals surface area contributed by atoms with Gasteiger partial charge in [0.25, 0.3) is 0 Å². The highest BCUT2D eigenvalue weighted by Crippen LogP contribution is 2.23. The zero-order chi connectivity index (χ0) is 20.0. The Bertz CT molecular complexity index is 856. The van der Waals surface area contributed by atoms with E-state index in [-0.39, 0.29) is 35.3 Å². The average molecular weight is 373 g/mol. The quantitative estimate of drug-likeness (QED) is 0.567. The number of amides is 1. The van der Waals surface area contributed by atoms with Crippen molar-refractivity contribution < 1.29 is 23.5 Å². The number of carbonyl (C=O) groups is 3. The van der Waals surface area contributed by atoms with Gasteiger partial charge >= 0.3 is 5.97 Å². The lowest BCUT2D eigenvalue weighted by Gasteiger charge is -2.15. The van der Waals surface area contributed by atoms with Gasteiger partial charge in [0.05, 0.1) is 24.4 Å². The lowest BCUT2D eigenvalue weighted by atomic mass is 10.0. The molecule has 2 rings (SSSR count). The molecule has 142 valence electrons. The molecule has 1 amide bonds. The van der Waals surface area contributed by atoms with Crippen LogP contribution in [0.15, 0.2) is 36.5 Å². The number of aryl methyl sites for hydroxylation is 1. The molecule has 0 aliphatic carbocycles. The van der Waals surface area contributed by atoms with Crippen LogP contribution in [0.25, 0.3) is 0 Å². The van der Waals surface area contributed by atoms with Gasteiger partial charge < -0.3 is 15.8 Å². The molecule has 0 spiro atoms. The first-order valence-corrected chi connectivity index (χ1v) is 8.22. The Kier molecular flexibility index (Phi) is 6.73. The highest BCUT2D eigenvalue weighted by molar-refractivity contribution is 6.13. The topological polar surface area (TPSA) is 111 Å². The zero-order valence-corrected chi connectivity index (χ0v) is 15.0. The number of hydrogen-bond acceptors (Lipinski definition) is 6. The maximum Gasteiger partial charge on any atom is 0.305 e. The van der Waals surface area contributed by atoms with Crippen LogP contribution in [-0.4, -0.2) is 35.8 Å². The zero-order valence-electron chi connectivity index (χ0n) is 15.0. The molecule has 0 bridgehead atoms. The number of methoxy groups -OCH3 is 1. The number of aromatic nitrogens is 1. The molecule has 0 saturated carbocycles. The second kappa shape index (κ2) is 9.00. The molecule has 0 aliphatic heterocycles. The Labute approximate surface area is 155 Å². The molecule has 1 aromatic carbocycles. The normalized spacial score (nSPS) is 11.6. The number of ether oxygens (including phenoxy) is 1. The number of nitrogens with zero attached hydrogens (tertiary/aromatic N) is 1. The molecule has 7 nitrogen and oxygen atoms in total. The van der Waals surface area contributed by atoms with Crippen LogP contribution in [0.5, 0.6) is 0 Å². The summed E-state index contributed by atoms with van der Waals surface area (Å²) in [5.41, 5.74) is 6.25. The van der Waals surface area contributed by atoms with Gasteiger partial charge in [-0.25, -0.2) is 4.39 Å². The summed E-state index contributed by atoms with van der Waals surface area (Å²) in [6.45, 7) is 1.51. The average Bonchev–Trinajstić information content (AvgIpc) is 2.68. The van der Waals surface area contributed by atoms with E-state index in [0.717, 1.165) is 6.07 Å². The Balaban J connectivity index is 2.25. The number of esters is 1. The summed E-state index contributed by atoms with van der Waals surface area (Å²) in [7, 11) is 1.24. The molecule has 0 aliphatic rings. The predicted molar refractivity (Wildman–Crippen MR) is 96.7 cm³/mol. The summed E-state index contributed by atoms with van der Waals surface area (Å²) in [5, 5.41) is 2.54. The molecule has 0 radical (unpaired) electrons. The van der Waals surface area contributed by atoms with E-state index in [9.17, 15) is 18.8 Å². The van der Waals surface area contributed by atoms with E-state index in [4.69, 9.17) is 5.73 Å². The standard InChI is InChI=1S/C19H20FN3O4/c1-11-9-16(23-19(26)14(21)6-7-17(24)27-2)12(10-13(11)20)18(25)15-5-3-4-8-22-15/h3-5,8-10,14H,6-7,21H2,1-2H3,(H,23,26)/t14-/m0/s1. The molecule has 0 unspecified atom stereocenters. The second-order valence-corrected chi connectivity index (χ2v) is 5.90. The Morgan fingerprint density at radius 2 is 2.04 bits per heavy atom. The van der Waals surface area contributed by atoms with Gasteiger partial charge in [-0.1, -0.05) is 6.07 Å². The van der Waals surface area contributed by atoms with Crippen molar-refractivity contribution in [1.29, 1.82) is 0 Å². The van der Waals surface area contributed by atoms with Crippen molar-refractivity contribution in [3.05, 3.63) is 59.2 Å². The van der Waals surface area contributed by atoms with Gasteiger partial charge in [-0.05, 0) is 43.2 Å². The second-order valence-electron chi connectivity index (χ2n) is 5.90. The number of nitrogens with one attached hydrogen (secondary N) is 1. The maximum absolute atomic E-state index is 14.0. The number of anilines is 1. The first-order chi connectivity index (χ1) is 12.8. The van der Waals surface area contributed by atoms with Crippen LogP contribution in [0.1, 0.15) is 34.5 Å². The van der Waals surface area contributed by atoms with Crippen molar-refractivity contribution in [3.8, 4) is 0 Å². The van der Waals surface area contributed by atoms with Crippen molar-refractivity contribution in [2.24, 2.45) is 5.73 Å². The van der Waals surface area contributed by atoms with E-state index in [1.807, 2.05) is 0 Å². The van der Waals surface area contributed by atoms with Gasteiger partial charge in [-0.3, -0.25) is 19.4 Å². The van der Waals surface area contributed by atoms with E-state index in [1.54, 1.807) is 12.1 Å². The molecule has 2 aromatic rings. The number of pyridine rings is 1. The molecule has 8 heteroatoms. The van der Waals surface area contributed by atoms with Gasteiger partial charge in [-0.2, -0.15) is 0 Å². The smallest absolute Gasteiger partial charge is 0.305 e. The van der Waals surface area contributed by atoms with Crippen molar-refractivity contribution in [2.75, 3.05) is 12.4 Å². The van der Waals surface area contributed by atoms with Gasteiger partial charge in [0.2, 0.25) is 11.7 Å². The maximum atomic E-state index is 14.0. The minimum atomic E-state index is -0.993. The van der Waals surface area contributed by atoms with Crippen molar-refractivity contribution in [2.45, 2.75) is 25.8 Å². The Morgan fingerprint density at radius 3 is 2.67 bits per heavy atom. The molecular weight excluding hydrogens is 353 g/mol. The van der Waals surface area contributed by atoms with Crippen LogP contribution in [0.2, 0.25) is 0 Å². The number of carbonyl (C=O) groups excluding carboxylic acids is 3. The van der Waals surface area contributed by atoms with Crippen LogP contribution >= 0.6 is 0 Å². The number of benzene rings is 1. The molecule has 1 aromatic heterocycles. The van der Waals surface area contributed by atoms with Gasteiger partial charge in [0.1, 0.15) is 11.5 Å². The first kappa shape index (κ1) is 20.2. The SMILES string of the molecule is COC(=O)CC[C@H](N)C(=O)Nc1cc(C)c(F)cc1C(=O)c1ccccn1. The fraction of sp³-hybridized carbons (Fsp3) is 0.263. The van der Waals surface area contributed by atoms with E-state index in [1.165, 1.54) is 32.4 Å². The molecule has 1 atom stereocenters. The van der Waals surface area contributed by atoms with E-state index in [0.29, 0.717) is 0 Å². The lowest BCUT2D eigenvalue weighted by Crippen LogP contribution is -2.36. The molecule has 1 heterocycles. The van der Waals surface area contributed by atoms with E-state index >= 15 is 0 Å². The van der Waals surface area contributed by atoms with Crippen LogP contribution in [-0.2, 0) is 14.3 Å². The van der Waals surface area contributed by atoms with Crippen molar-refractivity contribution in [1.82, 2.24) is 4.98 Å². The Morgan fingerprint density at radius 1 is 1.30 bits per heavy atom. The Hall–Kier alpha value is -3.13. The predicted octanol–water partition coefficient (Wildman–Crippen LogP) is 1.98. The minimum absolute atomic E-state index is 0.0206. The van der Waals surface area contributed by atoms with Gasteiger partial charge in [-0.15, -0.1) is 0 Å². The summed E-state index contributed by atoms with van der Waals surface area (Å²) in [6, 6.07) is 6.19. The highest BCUT2D eigenvalue weighted by atomic mass is 19.1. The first-order valence-electron chi connectivity index (χ1n) is 8.22. The molecule has 0 fully saturated rings. The van der Waals surface area contributed by atoms with E-state index in [2.05, 4.69) is 15.0 Å². The third kappa shape index (κ3) is 5.18. The fourth-order valence-corrected chi connectivity index (χ4v) is 2.34. The minimum Gasteiger partial charge on any atom is -0.469 e. The largest absolute Gasteiger partial charge is 0.469 e.